The Morgan fingerprint density at radius 2 is 2.05 bits per heavy atom. The van der Waals surface area contributed by atoms with Crippen LogP contribution in [0.4, 0.5) is 5.69 Å². The maximum absolute atomic E-state index is 11.9. The molecule has 1 rings (SSSR count). The number of benzene rings is 1. The van der Waals surface area contributed by atoms with Gasteiger partial charge >= 0.3 is 0 Å². The van der Waals surface area contributed by atoms with E-state index < -0.39 is 0 Å². The second kappa shape index (κ2) is 7.90. The summed E-state index contributed by atoms with van der Waals surface area (Å²) in [6.07, 6.45) is 1.01. The Balaban J connectivity index is 2.45. The Bertz CT molecular complexity index is 431. The molecule has 1 atom stereocenters. The SMILES string of the molecule is CC(C)CCNC(=O)CN(C)C(C)c1cccc(N)c1. The normalized spacial score (nSPS) is 12.7. The van der Waals surface area contributed by atoms with Crippen LogP contribution in [0.5, 0.6) is 0 Å². The molecule has 0 radical (unpaired) electrons. The van der Waals surface area contributed by atoms with Crippen molar-refractivity contribution in [3.63, 3.8) is 0 Å². The highest BCUT2D eigenvalue weighted by atomic mass is 16.2. The lowest BCUT2D eigenvalue weighted by Gasteiger charge is -2.24. The van der Waals surface area contributed by atoms with Crippen molar-refractivity contribution in [1.29, 1.82) is 0 Å². The summed E-state index contributed by atoms with van der Waals surface area (Å²) >= 11 is 0. The number of nitrogens with two attached hydrogens (primary N) is 1. The third-order valence-electron chi connectivity index (χ3n) is 3.49. The summed E-state index contributed by atoms with van der Waals surface area (Å²) in [5, 5.41) is 2.96. The molecule has 3 N–H and O–H groups in total. The number of carbonyl (C=O) groups is 1. The van der Waals surface area contributed by atoms with Crippen molar-refractivity contribution in [3.05, 3.63) is 29.8 Å². The van der Waals surface area contributed by atoms with Crippen molar-refractivity contribution in [3.8, 4) is 0 Å². The zero-order chi connectivity index (χ0) is 15.1. The predicted molar refractivity (Wildman–Crippen MR) is 84.4 cm³/mol. The molecule has 20 heavy (non-hydrogen) atoms. The second-order valence-electron chi connectivity index (χ2n) is 5.79. The number of likely N-dealkylation sites (N-methyl/N-ethyl adjacent to an activating group) is 1. The monoisotopic (exact) mass is 277 g/mol. The fraction of sp³-hybridized carbons (Fsp3) is 0.562. The highest BCUT2D eigenvalue weighted by Gasteiger charge is 2.14. The van der Waals surface area contributed by atoms with Crippen LogP contribution in [-0.4, -0.2) is 30.9 Å². The number of nitrogens with one attached hydrogen (secondary N) is 1. The maximum atomic E-state index is 11.9. The van der Waals surface area contributed by atoms with Crippen molar-refractivity contribution in [1.82, 2.24) is 10.2 Å². The summed E-state index contributed by atoms with van der Waals surface area (Å²) in [6.45, 7) is 7.53. The summed E-state index contributed by atoms with van der Waals surface area (Å²) in [7, 11) is 1.95. The highest BCUT2D eigenvalue weighted by Crippen LogP contribution is 2.20. The number of amides is 1. The number of carbonyl (C=O) groups excluding carboxylic acids is 1. The van der Waals surface area contributed by atoms with E-state index in [-0.39, 0.29) is 11.9 Å². The van der Waals surface area contributed by atoms with Gasteiger partial charge in [-0.05, 0) is 44.0 Å². The molecule has 1 unspecified atom stereocenters. The van der Waals surface area contributed by atoms with Crippen LogP contribution in [0.2, 0.25) is 0 Å². The fourth-order valence-corrected chi connectivity index (χ4v) is 1.99. The summed E-state index contributed by atoms with van der Waals surface area (Å²) < 4.78 is 0. The van der Waals surface area contributed by atoms with Gasteiger partial charge in [-0.2, -0.15) is 0 Å². The van der Waals surface area contributed by atoms with Crippen LogP contribution in [-0.2, 0) is 4.79 Å². The molecule has 0 fully saturated rings. The molecular formula is C16H27N3O. The Morgan fingerprint density at radius 1 is 1.35 bits per heavy atom. The van der Waals surface area contributed by atoms with Gasteiger partial charge in [0, 0.05) is 18.3 Å². The van der Waals surface area contributed by atoms with Crippen LogP contribution in [0.25, 0.3) is 0 Å². The Morgan fingerprint density at radius 3 is 2.65 bits per heavy atom. The molecule has 4 heteroatoms. The molecule has 4 nitrogen and oxygen atoms in total. The average molecular weight is 277 g/mol. The van der Waals surface area contributed by atoms with E-state index in [2.05, 4.69) is 26.1 Å². The zero-order valence-corrected chi connectivity index (χ0v) is 13.0. The van der Waals surface area contributed by atoms with Crippen LogP contribution in [0.3, 0.4) is 0 Å². The third kappa shape index (κ3) is 5.61. The van der Waals surface area contributed by atoms with Gasteiger partial charge in [-0.15, -0.1) is 0 Å². The number of hydrogen-bond donors (Lipinski definition) is 2. The van der Waals surface area contributed by atoms with Gasteiger partial charge in [-0.25, -0.2) is 0 Å². The molecule has 0 aliphatic heterocycles. The molecule has 1 aromatic carbocycles. The van der Waals surface area contributed by atoms with E-state index in [4.69, 9.17) is 5.73 Å². The minimum absolute atomic E-state index is 0.0731. The first kappa shape index (κ1) is 16.5. The largest absolute Gasteiger partial charge is 0.399 e. The quantitative estimate of drug-likeness (QED) is 0.753. The van der Waals surface area contributed by atoms with Crippen LogP contribution >= 0.6 is 0 Å². The Hall–Kier alpha value is -1.55. The van der Waals surface area contributed by atoms with Crippen molar-refractivity contribution in [2.24, 2.45) is 5.92 Å². The first-order valence-electron chi connectivity index (χ1n) is 7.22. The third-order valence-corrected chi connectivity index (χ3v) is 3.49. The van der Waals surface area contributed by atoms with Gasteiger partial charge in [-0.1, -0.05) is 26.0 Å². The van der Waals surface area contributed by atoms with Gasteiger partial charge < -0.3 is 11.1 Å². The maximum Gasteiger partial charge on any atom is 0.234 e. The van der Waals surface area contributed by atoms with Gasteiger partial charge in [0.25, 0.3) is 0 Å². The molecule has 0 aliphatic rings. The first-order valence-corrected chi connectivity index (χ1v) is 7.22. The molecule has 0 bridgehead atoms. The van der Waals surface area contributed by atoms with Gasteiger partial charge in [-0.3, -0.25) is 9.69 Å². The van der Waals surface area contributed by atoms with Crippen molar-refractivity contribution < 1.29 is 4.79 Å². The smallest absolute Gasteiger partial charge is 0.234 e. The molecule has 0 aromatic heterocycles. The average Bonchev–Trinajstić information content (AvgIpc) is 2.37. The minimum atomic E-state index is 0.0731. The summed E-state index contributed by atoms with van der Waals surface area (Å²) in [4.78, 5) is 13.9. The molecule has 1 aromatic rings. The molecule has 0 saturated carbocycles. The Labute approximate surface area is 122 Å². The van der Waals surface area contributed by atoms with Gasteiger partial charge in [0.05, 0.1) is 6.54 Å². The van der Waals surface area contributed by atoms with E-state index in [1.165, 1.54) is 0 Å². The van der Waals surface area contributed by atoms with E-state index in [0.29, 0.717) is 12.5 Å². The lowest BCUT2D eigenvalue weighted by atomic mass is 10.1. The topological polar surface area (TPSA) is 58.4 Å². The molecule has 0 saturated heterocycles. The standard InChI is InChI=1S/C16H27N3O/c1-12(2)8-9-18-16(20)11-19(4)13(3)14-6-5-7-15(17)10-14/h5-7,10,12-13H,8-9,11,17H2,1-4H3,(H,18,20). The van der Waals surface area contributed by atoms with Gasteiger partial charge in [0.1, 0.15) is 0 Å². The zero-order valence-electron chi connectivity index (χ0n) is 13.0. The number of rotatable bonds is 7. The lowest BCUT2D eigenvalue weighted by Crippen LogP contribution is -2.37. The fourth-order valence-electron chi connectivity index (χ4n) is 1.99. The summed E-state index contributed by atoms with van der Waals surface area (Å²) in [5.74, 6) is 0.683. The van der Waals surface area contributed by atoms with Crippen LogP contribution in [0.1, 0.15) is 38.8 Å². The predicted octanol–water partition coefficient (Wildman–Crippen LogP) is 2.42. The van der Waals surface area contributed by atoms with E-state index >= 15 is 0 Å². The van der Waals surface area contributed by atoms with Crippen molar-refractivity contribution in [2.45, 2.75) is 33.2 Å². The van der Waals surface area contributed by atoms with Crippen molar-refractivity contribution >= 4 is 11.6 Å². The van der Waals surface area contributed by atoms with E-state index in [1.54, 1.807) is 0 Å². The number of hydrogen-bond acceptors (Lipinski definition) is 3. The van der Waals surface area contributed by atoms with Crippen LogP contribution in [0, 0.1) is 5.92 Å². The van der Waals surface area contributed by atoms with Crippen molar-refractivity contribution in [2.75, 3.05) is 25.9 Å². The van der Waals surface area contributed by atoms with E-state index in [9.17, 15) is 4.79 Å². The van der Waals surface area contributed by atoms with Crippen LogP contribution in [0.15, 0.2) is 24.3 Å². The minimum Gasteiger partial charge on any atom is -0.399 e. The lowest BCUT2D eigenvalue weighted by molar-refractivity contribution is -0.122. The number of nitrogen functional groups attached to an aromatic ring is 1. The highest BCUT2D eigenvalue weighted by molar-refractivity contribution is 5.78. The van der Waals surface area contributed by atoms with Gasteiger partial charge in [0.15, 0.2) is 0 Å². The van der Waals surface area contributed by atoms with Crippen LogP contribution < -0.4 is 11.1 Å². The second-order valence-corrected chi connectivity index (χ2v) is 5.79. The van der Waals surface area contributed by atoms with E-state index in [0.717, 1.165) is 24.2 Å². The molecule has 1 amide bonds. The summed E-state index contributed by atoms with van der Waals surface area (Å²) in [5.41, 5.74) is 7.68. The summed E-state index contributed by atoms with van der Waals surface area (Å²) in [6, 6.07) is 7.97. The molecule has 0 spiro atoms. The van der Waals surface area contributed by atoms with Gasteiger partial charge in [0.2, 0.25) is 5.91 Å². The molecule has 0 aliphatic carbocycles. The molecule has 112 valence electrons. The molecular weight excluding hydrogens is 250 g/mol. The first-order chi connectivity index (χ1) is 9.40. The molecule has 0 heterocycles. The number of anilines is 1. The number of nitrogens with zero attached hydrogens (tertiary/aromatic N) is 1. The Kier molecular flexibility index (Phi) is 6.52. The van der Waals surface area contributed by atoms with E-state index in [1.807, 2.05) is 36.2 Å².